The molecule has 0 aliphatic heterocycles. The van der Waals surface area contributed by atoms with Crippen molar-refractivity contribution in [3.8, 4) is 0 Å². The molecule has 0 aromatic heterocycles. The van der Waals surface area contributed by atoms with Gasteiger partial charge in [-0.15, -0.1) is 0 Å². The Kier molecular flexibility index (Phi) is 5.78. The van der Waals surface area contributed by atoms with Gasteiger partial charge in [-0.1, -0.05) is 42.5 Å². The van der Waals surface area contributed by atoms with Crippen molar-refractivity contribution in [1.29, 1.82) is 0 Å². The van der Waals surface area contributed by atoms with Gasteiger partial charge < -0.3 is 15.7 Å². The Morgan fingerprint density at radius 2 is 1.76 bits per heavy atom. The zero-order chi connectivity index (χ0) is 15.1. The number of rotatable bonds is 5. The van der Waals surface area contributed by atoms with E-state index in [1.165, 1.54) is 0 Å². The van der Waals surface area contributed by atoms with Crippen LogP contribution in [0.1, 0.15) is 5.56 Å². The van der Waals surface area contributed by atoms with Gasteiger partial charge in [0.25, 0.3) is 0 Å². The molecule has 0 radical (unpaired) electrons. The Hall–Kier alpha value is -1.85. The van der Waals surface area contributed by atoms with E-state index in [2.05, 4.69) is 26.6 Å². The summed E-state index contributed by atoms with van der Waals surface area (Å²) in [7, 11) is 0. The number of nitrogens with one attached hydrogen (secondary N) is 2. The minimum atomic E-state index is -0.336. The average molecular weight is 349 g/mol. The fourth-order valence-electron chi connectivity index (χ4n) is 1.97. The van der Waals surface area contributed by atoms with Gasteiger partial charge in [-0.05, 0) is 40.0 Å². The van der Waals surface area contributed by atoms with E-state index >= 15 is 0 Å². The van der Waals surface area contributed by atoms with Crippen molar-refractivity contribution in [2.45, 2.75) is 12.5 Å². The first-order valence-electron chi connectivity index (χ1n) is 6.66. The predicted octanol–water partition coefficient (Wildman–Crippen LogP) is 3.17. The zero-order valence-corrected chi connectivity index (χ0v) is 13.0. The van der Waals surface area contributed by atoms with Gasteiger partial charge in [-0.2, -0.15) is 0 Å². The standard InChI is InChI=1S/C16H17BrN2O2/c17-14-8-4-5-9-15(14)19-16(21)18-13(11-20)10-12-6-2-1-3-7-12/h1-9,13,20H,10-11H2,(H2,18,19,21)/t13-/m0/s1. The predicted molar refractivity (Wildman–Crippen MR) is 87.3 cm³/mol. The minimum Gasteiger partial charge on any atom is -0.394 e. The van der Waals surface area contributed by atoms with Gasteiger partial charge in [0.15, 0.2) is 0 Å². The van der Waals surface area contributed by atoms with E-state index in [9.17, 15) is 9.90 Å². The molecule has 21 heavy (non-hydrogen) atoms. The molecule has 4 nitrogen and oxygen atoms in total. The second-order valence-electron chi connectivity index (χ2n) is 4.65. The highest BCUT2D eigenvalue weighted by Crippen LogP contribution is 2.20. The third-order valence-electron chi connectivity index (χ3n) is 3.00. The number of aliphatic hydroxyl groups excluding tert-OH is 1. The molecule has 0 aliphatic rings. The Bertz CT molecular complexity index is 590. The Balaban J connectivity index is 1.92. The van der Waals surface area contributed by atoms with Gasteiger partial charge in [0.05, 0.1) is 18.3 Å². The number of aliphatic hydroxyl groups is 1. The van der Waals surface area contributed by atoms with Crippen LogP contribution in [0.15, 0.2) is 59.1 Å². The molecule has 2 aromatic carbocycles. The van der Waals surface area contributed by atoms with Gasteiger partial charge in [0.2, 0.25) is 0 Å². The molecule has 0 saturated carbocycles. The number of benzene rings is 2. The fraction of sp³-hybridized carbons (Fsp3) is 0.188. The number of halogens is 1. The van der Waals surface area contributed by atoms with Crippen LogP contribution in [0.25, 0.3) is 0 Å². The first-order valence-corrected chi connectivity index (χ1v) is 7.45. The molecule has 0 spiro atoms. The monoisotopic (exact) mass is 348 g/mol. The Labute approximate surface area is 132 Å². The molecule has 110 valence electrons. The van der Waals surface area contributed by atoms with Crippen molar-refractivity contribution >= 4 is 27.6 Å². The average Bonchev–Trinajstić information content (AvgIpc) is 2.50. The summed E-state index contributed by atoms with van der Waals surface area (Å²) in [5, 5.41) is 14.9. The molecule has 2 rings (SSSR count). The van der Waals surface area contributed by atoms with Crippen LogP contribution in [0.5, 0.6) is 0 Å². The lowest BCUT2D eigenvalue weighted by atomic mass is 10.1. The number of para-hydroxylation sites is 1. The summed E-state index contributed by atoms with van der Waals surface area (Å²) in [6.07, 6.45) is 0.584. The number of urea groups is 1. The van der Waals surface area contributed by atoms with Crippen molar-refractivity contribution in [2.75, 3.05) is 11.9 Å². The SMILES string of the molecule is O=C(Nc1ccccc1Br)N[C@H](CO)Cc1ccccc1. The molecule has 0 aliphatic carbocycles. The molecule has 3 N–H and O–H groups in total. The summed E-state index contributed by atoms with van der Waals surface area (Å²) >= 11 is 3.37. The van der Waals surface area contributed by atoms with Crippen LogP contribution in [0, 0.1) is 0 Å². The summed E-state index contributed by atoms with van der Waals surface area (Å²) in [5.41, 5.74) is 1.75. The van der Waals surface area contributed by atoms with Gasteiger partial charge in [0.1, 0.15) is 0 Å². The van der Waals surface area contributed by atoms with E-state index < -0.39 is 0 Å². The minimum absolute atomic E-state index is 0.113. The van der Waals surface area contributed by atoms with E-state index in [1.807, 2.05) is 48.5 Å². The largest absolute Gasteiger partial charge is 0.394 e. The quantitative estimate of drug-likeness (QED) is 0.777. The molecule has 1 atom stereocenters. The third kappa shape index (κ3) is 4.88. The van der Waals surface area contributed by atoms with E-state index in [0.29, 0.717) is 12.1 Å². The van der Waals surface area contributed by atoms with E-state index in [1.54, 1.807) is 6.07 Å². The Morgan fingerprint density at radius 1 is 1.10 bits per heavy atom. The molecule has 0 bridgehead atoms. The summed E-state index contributed by atoms with van der Waals surface area (Å²) < 4.78 is 0.809. The summed E-state index contributed by atoms with van der Waals surface area (Å²) in [4.78, 5) is 12.0. The van der Waals surface area contributed by atoms with E-state index in [-0.39, 0.29) is 18.7 Å². The number of carbonyl (C=O) groups is 1. The number of hydrogen-bond acceptors (Lipinski definition) is 2. The molecular weight excluding hydrogens is 332 g/mol. The topological polar surface area (TPSA) is 61.4 Å². The third-order valence-corrected chi connectivity index (χ3v) is 3.69. The first-order chi connectivity index (χ1) is 10.2. The second-order valence-corrected chi connectivity index (χ2v) is 5.50. The molecule has 0 unspecified atom stereocenters. The van der Waals surface area contributed by atoms with Crippen LogP contribution in [0.3, 0.4) is 0 Å². The number of carbonyl (C=O) groups excluding carboxylic acids is 1. The number of hydrogen-bond donors (Lipinski definition) is 3. The molecule has 5 heteroatoms. The van der Waals surface area contributed by atoms with Gasteiger partial charge in [0, 0.05) is 4.47 Å². The smallest absolute Gasteiger partial charge is 0.319 e. The summed E-state index contributed by atoms with van der Waals surface area (Å²) in [6.45, 7) is -0.113. The molecule has 0 saturated heterocycles. The molecule has 2 aromatic rings. The van der Waals surface area contributed by atoms with Crippen molar-refractivity contribution in [3.63, 3.8) is 0 Å². The highest BCUT2D eigenvalue weighted by atomic mass is 79.9. The first kappa shape index (κ1) is 15.5. The van der Waals surface area contributed by atoms with Crippen LogP contribution in [-0.4, -0.2) is 23.8 Å². The van der Waals surface area contributed by atoms with Gasteiger partial charge >= 0.3 is 6.03 Å². The highest BCUT2D eigenvalue weighted by Gasteiger charge is 2.12. The van der Waals surface area contributed by atoms with E-state index in [4.69, 9.17) is 0 Å². The van der Waals surface area contributed by atoms with Crippen molar-refractivity contribution in [1.82, 2.24) is 5.32 Å². The lowest BCUT2D eigenvalue weighted by Crippen LogP contribution is -2.41. The van der Waals surface area contributed by atoms with Crippen LogP contribution in [0.2, 0.25) is 0 Å². The highest BCUT2D eigenvalue weighted by molar-refractivity contribution is 9.10. The van der Waals surface area contributed by atoms with E-state index in [0.717, 1.165) is 10.0 Å². The molecular formula is C16H17BrN2O2. The van der Waals surface area contributed by atoms with Crippen molar-refractivity contribution in [2.24, 2.45) is 0 Å². The number of anilines is 1. The van der Waals surface area contributed by atoms with Crippen molar-refractivity contribution < 1.29 is 9.90 Å². The van der Waals surface area contributed by atoms with Crippen LogP contribution in [-0.2, 0) is 6.42 Å². The second kappa shape index (κ2) is 7.81. The number of amides is 2. The lowest BCUT2D eigenvalue weighted by molar-refractivity contribution is 0.224. The van der Waals surface area contributed by atoms with Crippen LogP contribution in [0.4, 0.5) is 10.5 Å². The van der Waals surface area contributed by atoms with Crippen LogP contribution < -0.4 is 10.6 Å². The molecule has 0 heterocycles. The fourth-order valence-corrected chi connectivity index (χ4v) is 2.35. The maximum Gasteiger partial charge on any atom is 0.319 e. The van der Waals surface area contributed by atoms with Crippen molar-refractivity contribution in [3.05, 3.63) is 64.6 Å². The Morgan fingerprint density at radius 3 is 2.43 bits per heavy atom. The van der Waals surface area contributed by atoms with Crippen LogP contribution >= 0.6 is 15.9 Å². The maximum atomic E-state index is 12.0. The summed E-state index contributed by atoms with van der Waals surface area (Å²) in [5.74, 6) is 0. The zero-order valence-electron chi connectivity index (χ0n) is 11.4. The normalized spacial score (nSPS) is 11.7. The summed E-state index contributed by atoms with van der Waals surface area (Å²) in [6, 6.07) is 16.4. The molecule has 0 fully saturated rings. The lowest BCUT2D eigenvalue weighted by Gasteiger charge is -2.17. The molecule has 2 amide bonds. The van der Waals surface area contributed by atoms with Gasteiger partial charge in [-0.25, -0.2) is 4.79 Å². The maximum absolute atomic E-state index is 12.0. The van der Waals surface area contributed by atoms with Gasteiger partial charge in [-0.3, -0.25) is 0 Å².